The highest BCUT2D eigenvalue weighted by Gasteiger charge is 2.25. The number of fused-ring (bicyclic) bond motifs is 2. The average molecular weight is 348 g/mol. The minimum atomic E-state index is -0.129. The van der Waals surface area contributed by atoms with E-state index in [1.165, 1.54) is 0 Å². The summed E-state index contributed by atoms with van der Waals surface area (Å²) >= 11 is 0. The van der Waals surface area contributed by atoms with Crippen LogP contribution in [0.15, 0.2) is 36.7 Å². The second-order valence-electron chi connectivity index (χ2n) is 6.73. The van der Waals surface area contributed by atoms with Gasteiger partial charge >= 0.3 is 0 Å². The number of anilines is 1. The summed E-state index contributed by atoms with van der Waals surface area (Å²) < 4.78 is 1.67. The zero-order chi connectivity index (χ0) is 18.4. The summed E-state index contributed by atoms with van der Waals surface area (Å²) in [4.78, 5) is 31.1. The van der Waals surface area contributed by atoms with Crippen molar-refractivity contribution in [1.82, 2.24) is 14.5 Å². The van der Waals surface area contributed by atoms with Crippen LogP contribution in [-0.4, -0.2) is 32.8 Å². The number of nitrogens with zero attached hydrogens (tertiary/aromatic N) is 3. The van der Waals surface area contributed by atoms with Crippen LogP contribution in [0.4, 0.5) is 5.69 Å². The second kappa shape index (κ2) is 5.98. The first-order valence-electron chi connectivity index (χ1n) is 8.60. The molecule has 2 N–H and O–H groups in total. The summed E-state index contributed by atoms with van der Waals surface area (Å²) in [5, 5.41) is 0.941. The highest BCUT2D eigenvalue weighted by atomic mass is 16.2. The van der Waals surface area contributed by atoms with Crippen molar-refractivity contribution in [3.05, 3.63) is 59.0 Å². The van der Waals surface area contributed by atoms with Crippen molar-refractivity contribution in [2.45, 2.75) is 26.8 Å². The SMILES string of the molecule is CC(=O)N1CCc2c(cncc2C(=O)n2c(C)cc3cccc(N)c32)C1. The van der Waals surface area contributed by atoms with Crippen LogP contribution in [0.5, 0.6) is 0 Å². The number of hydrogen-bond donors (Lipinski definition) is 1. The van der Waals surface area contributed by atoms with Crippen molar-refractivity contribution in [3.8, 4) is 0 Å². The average Bonchev–Trinajstić information content (AvgIpc) is 2.97. The monoisotopic (exact) mass is 348 g/mol. The molecule has 0 saturated carbocycles. The van der Waals surface area contributed by atoms with E-state index in [2.05, 4.69) is 4.98 Å². The molecule has 3 heterocycles. The first kappa shape index (κ1) is 16.3. The minimum absolute atomic E-state index is 0.0346. The Labute approximate surface area is 151 Å². The molecule has 6 nitrogen and oxygen atoms in total. The van der Waals surface area contributed by atoms with Crippen molar-refractivity contribution >= 4 is 28.4 Å². The van der Waals surface area contributed by atoms with E-state index in [4.69, 9.17) is 5.73 Å². The molecule has 0 saturated heterocycles. The maximum absolute atomic E-state index is 13.4. The third-order valence-electron chi connectivity index (χ3n) is 5.06. The molecule has 0 aliphatic carbocycles. The fourth-order valence-corrected chi connectivity index (χ4v) is 3.75. The molecule has 0 fully saturated rings. The van der Waals surface area contributed by atoms with Gasteiger partial charge in [-0.25, -0.2) is 0 Å². The lowest BCUT2D eigenvalue weighted by atomic mass is 9.96. The number of pyridine rings is 1. The van der Waals surface area contributed by atoms with E-state index in [-0.39, 0.29) is 11.8 Å². The molecule has 26 heavy (non-hydrogen) atoms. The maximum Gasteiger partial charge on any atom is 0.264 e. The molecular weight excluding hydrogens is 328 g/mol. The van der Waals surface area contributed by atoms with E-state index in [0.717, 1.165) is 27.7 Å². The van der Waals surface area contributed by atoms with Crippen LogP contribution in [-0.2, 0) is 17.8 Å². The van der Waals surface area contributed by atoms with Gasteiger partial charge in [0.1, 0.15) is 0 Å². The summed E-state index contributed by atoms with van der Waals surface area (Å²) in [6.45, 7) is 4.57. The Morgan fingerprint density at radius 3 is 2.81 bits per heavy atom. The third-order valence-corrected chi connectivity index (χ3v) is 5.06. The molecule has 0 atom stereocenters. The number of nitrogen functional groups attached to an aromatic ring is 1. The molecular formula is C20H20N4O2. The van der Waals surface area contributed by atoms with Crippen molar-refractivity contribution < 1.29 is 9.59 Å². The summed E-state index contributed by atoms with van der Waals surface area (Å²) in [6.07, 6.45) is 4.01. The van der Waals surface area contributed by atoms with E-state index >= 15 is 0 Å². The summed E-state index contributed by atoms with van der Waals surface area (Å²) in [6, 6.07) is 7.60. The van der Waals surface area contributed by atoms with Crippen LogP contribution < -0.4 is 5.73 Å². The van der Waals surface area contributed by atoms with Gasteiger partial charge in [0, 0.05) is 43.5 Å². The van der Waals surface area contributed by atoms with E-state index in [9.17, 15) is 9.59 Å². The summed E-state index contributed by atoms with van der Waals surface area (Å²) in [5.41, 5.74) is 10.8. The molecule has 1 aliphatic heterocycles. The van der Waals surface area contributed by atoms with Gasteiger partial charge in [-0.2, -0.15) is 0 Å². The van der Waals surface area contributed by atoms with Gasteiger partial charge in [0.2, 0.25) is 5.91 Å². The summed E-state index contributed by atoms with van der Waals surface area (Å²) in [5.74, 6) is -0.0940. The molecule has 1 amide bonds. The topological polar surface area (TPSA) is 81.2 Å². The van der Waals surface area contributed by atoms with E-state index in [1.807, 2.05) is 25.1 Å². The number of aromatic nitrogens is 2. The van der Waals surface area contributed by atoms with Crippen LogP contribution in [0.2, 0.25) is 0 Å². The van der Waals surface area contributed by atoms with E-state index in [0.29, 0.717) is 30.8 Å². The predicted molar refractivity (Wildman–Crippen MR) is 99.8 cm³/mol. The van der Waals surface area contributed by atoms with Gasteiger partial charge in [-0.15, -0.1) is 0 Å². The van der Waals surface area contributed by atoms with Crippen LogP contribution >= 0.6 is 0 Å². The Kier molecular flexibility index (Phi) is 3.76. The Morgan fingerprint density at radius 1 is 1.23 bits per heavy atom. The summed E-state index contributed by atoms with van der Waals surface area (Å²) in [7, 11) is 0. The molecule has 0 radical (unpaired) electrons. The smallest absolute Gasteiger partial charge is 0.264 e. The number of carbonyl (C=O) groups excluding carboxylic acids is 2. The number of carbonyl (C=O) groups is 2. The number of nitrogens with two attached hydrogens (primary N) is 1. The first-order valence-corrected chi connectivity index (χ1v) is 8.60. The number of aryl methyl sites for hydroxylation is 1. The predicted octanol–water partition coefficient (Wildman–Crippen LogP) is 2.52. The molecule has 2 aromatic heterocycles. The number of para-hydroxylation sites is 1. The first-order chi connectivity index (χ1) is 12.5. The van der Waals surface area contributed by atoms with E-state index in [1.54, 1.807) is 34.9 Å². The van der Waals surface area contributed by atoms with Gasteiger partial charge < -0.3 is 10.6 Å². The zero-order valence-electron chi connectivity index (χ0n) is 14.8. The van der Waals surface area contributed by atoms with Crippen molar-refractivity contribution in [1.29, 1.82) is 0 Å². The maximum atomic E-state index is 13.4. The van der Waals surface area contributed by atoms with Gasteiger partial charge in [-0.05, 0) is 36.6 Å². The fourth-order valence-electron chi connectivity index (χ4n) is 3.75. The fraction of sp³-hybridized carbons (Fsp3) is 0.250. The Hall–Kier alpha value is -3.15. The van der Waals surface area contributed by atoms with Crippen LogP contribution in [0.3, 0.4) is 0 Å². The lowest BCUT2D eigenvalue weighted by Crippen LogP contribution is -2.35. The van der Waals surface area contributed by atoms with Crippen LogP contribution in [0, 0.1) is 6.92 Å². The Morgan fingerprint density at radius 2 is 2.04 bits per heavy atom. The Balaban J connectivity index is 1.83. The molecule has 3 aromatic rings. The lowest BCUT2D eigenvalue weighted by Gasteiger charge is -2.28. The molecule has 132 valence electrons. The molecule has 1 aliphatic rings. The van der Waals surface area contributed by atoms with Gasteiger partial charge in [0.05, 0.1) is 16.8 Å². The Bertz CT molecular complexity index is 1050. The molecule has 0 bridgehead atoms. The van der Waals surface area contributed by atoms with Crippen molar-refractivity contribution in [2.75, 3.05) is 12.3 Å². The molecule has 6 heteroatoms. The number of hydrogen-bond acceptors (Lipinski definition) is 4. The number of amides is 1. The molecule has 0 spiro atoms. The normalized spacial score (nSPS) is 13.7. The number of benzene rings is 1. The van der Waals surface area contributed by atoms with Crippen molar-refractivity contribution in [2.24, 2.45) is 0 Å². The van der Waals surface area contributed by atoms with Crippen LogP contribution in [0.25, 0.3) is 10.9 Å². The van der Waals surface area contributed by atoms with E-state index < -0.39 is 0 Å². The van der Waals surface area contributed by atoms with Crippen LogP contribution in [0.1, 0.15) is 34.1 Å². The largest absolute Gasteiger partial charge is 0.397 e. The quantitative estimate of drug-likeness (QED) is 0.685. The van der Waals surface area contributed by atoms with Gasteiger partial charge in [0.25, 0.3) is 5.91 Å². The highest BCUT2D eigenvalue weighted by Crippen LogP contribution is 2.28. The lowest BCUT2D eigenvalue weighted by molar-refractivity contribution is -0.129. The minimum Gasteiger partial charge on any atom is -0.397 e. The number of rotatable bonds is 1. The second-order valence-corrected chi connectivity index (χ2v) is 6.73. The van der Waals surface area contributed by atoms with Gasteiger partial charge in [-0.1, -0.05) is 12.1 Å². The van der Waals surface area contributed by atoms with Gasteiger partial charge in [0.15, 0.2) is 0 Å². The van der Waals surface area contributed by atoms with Gasteiger partial charge in [-0.3, -0.25) is 19.1 Å². The molecule has 4 rings (SSSR count). The molecule has 1 aromatic carbocycles. The zero-order valence-corrected chi connectivity index (χ0v) is 14.8. The molecule has 0 unspecified atom stereocenters. The highest BCUT2D eigenvalue weighted by molar-refractivity contribution is 6.06. The van der Waals surface area contributed by atoms with Crippen molar-refractivity contribution in [3.63, 3.8) is 0 Å². The third kappa shape index (κ3) is 2.45. The standard InChI is InChI=1S/C20H20N4O2/c1-12-8-14-4-3-5-18(21)19(14)24(12)20(26)17-10-22-9-15-11-23(13(2)25)7-6-16(15)17/h3-5,8-10H,6-7,11,21H2,1-2H3.